The molecule has 21 heavy (non-hydrogen) atoms. The summed E-state index contributed by atoms with van der Waals surface area (Å²) in [5.41, 5.74) is 7.13. The van der Waals surface area contributed by atoms with E-state index in [1.807, 2.05) is 0 Å². The van der Waals surface area contributed by atoms with Crippen molar-refractivity contribution in [2.45, 2.75) is 13.1 Å². The number of rotatable bonds is 2. The molecule has 7 heteroatoms. The molecule has 1 atom stereocenters. The fraction of sp³-hybridized carbons (Fsp3) is 0.214. The molecule has 2 N–H and O–H groups in total. The maximum absolute atomic E-state index is 13.0. The van der Waals surface area contributed by atoms with E-state index in [-0.39, 0.29) is 11.7 Å². The van der Waals surface area contributed by atoms with Gasteiger partial charge in [-0.3, -0.25) is 9.69 Å². The third-order valence-electron chi connectivity index (χ3n) is 3.24. The normalized spacial score (nSPS) is 18.0. The van der Waals surface area contributed by atoms with Crippen LogP contribution in [-0.2, 0) is 4.79 Å². The minimum atomic E-state index is -0.444. The van der Waals surface area contributed by atoms with Crippen molar-refractivity contribution in [1.29, 1.82) is 0 Å². The van der Waals surface area contributed by atoms with Crippen LogP contribution in [-0.4, -0.2) is 39.1 Å². The molecule has 1 aliphatic heterocycles. The smallest absolute Gasteiger partial charge is 0.225 e. The van der Waals surface area contributed by atoms with Gasteiger partial charge in [0.05, 0.1) is 18.4 Å². The Kier molecular flexibility index (Phi) is 3.26. The zero-order valence-corrected chi connectivity index (χ0v) is 11.4. The second-order valence-corrected chi connectivity index (χ2v) is 4.75. The molecule has 0 aliphatic carbocycles. The number of hydrogen-bond acceptors (Lipinski definition) is 4. The Morgan fingerprint density at radius 2 is 2.05 bits per heavy atom. The molecule has 3 rings (SSSR count). The van der Waals surface area contributed by atoms with Gasteiger partial charge in [0, 0.05) is 6.92 Å². The quantitative estimate of drug-likeness (QED) is 0.891. The van der Waals surface area contributed by atoms with Gasteiger partial charge in [-0.1, -0.05) is 0 Å². The Bertz CT molecular complexity index is 706. The molecule has 1 aliphatic rings. The highest BCUT2D eigenvalue weighted by atomic mass is 19.1. The van der Waals surface area contributed by atoms with Gasteiger partial charge in [0.15, 0.2) is 5.84 Å². The Hall–Kier alpha value is -2.54. The molecule has 2 aromatic rings. The van der Waals surface area contributed by atoms with E-state index in [0.29, 0.717) is 23.8 Å². The number of halogens is 1. The number of aliphatic imine (C=N–C) groups is 1. The van der Waals surface area contributed by atoms with Gasteiger partial charge in [-0.05, 0) is 30.3 Å². The zero-order chi connectivity index (χ0) is 15.0. The first-order valence-corrected chi connectivity index (χ1v) is 6.48. The molecule has 2 heterocycles. The third kappa shape index (κ3) is 2.43. The summed E-state index contributed by atoms with van der Waals surface area (Å²) in [4.78, 5) is 17.5. The molecule has 0 saturated carbocycles. The van der Waals surface area contributed by atoms with Crippen LogP contribution in [0.25, 0.3) is 5.69 Å². The number of carbonyl (C=O) groups is 1. The molecule has 0 fully saturated rings. The molecule has 1 aromatic carbocycles. The molecule has 108 valence electrons. The predicted octanol–water partition coefficient (Wildman–Crippen LogP) is 0.905. The first-order chi connectivity index (χ1) is 10.1. The lowest BCUT2D eigenvalue weighted by Crippen LogP contribution is -2.36. The molecule has 1 aromatic heterocycles. The van der Waals surface area contributed by atoms with Crippen LogP contribution in [0.3, 0.4) is 0 Å². The average Bonchev–Trinajstić information content (AvgIpc) is 3.05. The van der Waals surface area contributed by atoms with E-state index >= 15 is 0 Å². The molecule has 1 unspecified atom stereocenters. The van der Waals surface area contributed by atoms with E-state index in [1.165, 1.54) is 24.0 Å². The van der Waals surface area contributed by atoms with Crippen molar-refractivity contribution in [3.63, 3.8) is 0 Å². The van der Waals surface area contributed by atoms with Crippen LogP contribution in [0, 0.1) is 5.82 Å². The van der Waals surface area contributed by atoms with Crippen LogP contribution >= 0.6 is 0 Å². The van der Waals surface area contributed by atoms with Gasteiger partial charge in [-0.2, -0.15) is 5.10 Å². The van der Waals surface area contributed by atoms with Gasteiger partial charge in [0.25, 0.3) is 0 Å². The Labute approximate surface area is 120 Å². The summed E-state index contributed by atoms with van der Waals surface area (Å²) in [6.07, 6.45) is 1.16. The number of hydrogen-bond donors (Lipinski definition) is 1. The summed E-state index contributed by atoms with van der Waals surface area (Å²) in [5.74, 6) is 0.0310. The fourth-order valence-electron chi connectivity index (χ4n) is 2.28. The van der Waals surface area contributed by atoms with E-state index < -0.39 is 6.17 Å². The molecular formula is C14H14FN5O. The molecule has 0 saturated heterocycles. The first-order valence-electron chi connectivity index (χ1n) is 6.48. The second kappa shape index (κ2) is 5.10. The highest BCUT2D eigenvalue weighted by Gasteiger charge is 2.29. The standard InChI is InChI=1S/C14H14FN5O/c1-9(21)19-8-13(16)18-14(19)12-6-7-17-20(12)11-4-2-10(15)3-5-11/h2-7,13H,8,16H2,1H3. The minimum absolute atomic E-state index is 0.131. The van der Waals surface area contributed by atoms with Gasteiger partial charge in [-0.25, -0.2) is 14.1 Å². The number of nitrogens with zero attached hydrogens (tertiary/aromatic N) is 4. The highest BCUT2D eigenvalue weighted by molar-refractivity contribution is 6.07. The van der Waals surface area contributed by atoms with Crippen LogP contribution in [0.4, 0.5) is 4.39 Å². The van der Waals surface area contributed by atoms with Crippen LogP contribution in [0.1, 0.15) is 12.6 Å². The molecule has 0 spiro atoms. The fourth-order valence-corrected chi connectivity index (χ4v) is 2.28. The van der Waals surface area contributed by atoms with Crippen LogP contribution in [0.2, 0.25) is 0 Å². The lowest BCUT2D eigenvalue weighted by atomic mass is 10.3. The second-order valence-electron chi connectivity index (χ2n) is 4.75. The summed E-state index contributed by atoms with van der Waals surface area (Å²) in [5, 5.41) is 4.21. The molecule has 1 amide bonds. The number of aromatic nitrogens is 2. The summed E-state index contributed by atoms with van der Waals surface area (Å²) >= 11 is 0. The van der Waals surface area contributed by atoms with Crippen molar-refractivity contribution in [3.05, 3.63) is 48.0 Å². The van der Waals surface area contributed by atoms with Gasteiger partial charge < -0.3 is 5.73 Å². The van der Waals surface area contributed by atoms with E-state index in [1.54, 1.807) is 29.1 Å². The van der Waals surface area contributed by atoms with Gasteiger partial charge >= 0.3 is 0 Å². The molecular weight excluding hydrogens is 273 g/mol. The van der Waals surface area contributed by atoms with E-state index in [4.69, 9.17) is 5.73 Å². The Morgan fingerprint density at radius 1 is 1.33 bits per heavy atom. The highest BCUT2D eigenvalue weighted by Crippen LogP contribution is 2.17. The summed E-state index contributed by atoms with van der Waals surface area (Å²) in [7, 11) is 0. The van der Waals surface area contributed by atoms with Crippen molar-refractivity contribution in [3.8, 4) is 5.69 Å². The molecule has 6 nitrogen and oxygen atoms in total. The number of amidine groups is 1. The van der Waals surface area contributed by atoms with Crippen LogP contribution < -0.4 is 5.73 Å². The number of nitrogens with two attached hydrogens (primary N) is 1. The number of amides is 1. The van der Waals surface area contributed by atoms with Crippen LogP contribution in [0.15, 0.2) is 41.5 Å². The Morgan fingerprint density at radius 3 is 2.71 bits per heavy atom. The van der Waals surface area contributed by atoms with Crippen molar-refractivity contribution in [2.24, 2.45) is 10.7 Å². The van der Waals surface area contributed by atoms with Crippen molar-refractivity contribution in [2.75, 3.05) is 6.54 Å². The Balaban J connectivity index is 2.05. The van der Waals surface area contributed by atoms with Gasteiger partial charge in [0.1, 0.15) is 17.7 Å². The maximum Gasteiger partial charge on any atom is 0.225 e. The maximum atomic E-state index is 13.0. The largest absolute Gasteiger partial charge is 0.308 e. The molecule has 0 radical (unpaired) electrons. The van der Waals surface area contributed by atoms with E-state index in [9.17, 15) is 9.18 Å². The average molecular weight is 287 g/mol. The third-order valence-corrected chi connectivity index (χ3v) is 3.24. The van der Waals surface area contributed by atoms with Crippen molar-refractivity contribution < 1.29 is 9.18 Å². The van der Waals surface area contributed by atoms with Gasteiger partial charge in [-0.15, -0.1) is 0 Å². The van der Waals surface area contributed by atoms with E-state index in [2.05, 4.69) is 10.1 Å². The summed E-state index contributed by atoms with van der Waals surface area (Å²) in [6.45, 7) is 1.81. The van der Waals surface area contributed by atoms with E-state index in [0.717, 1.165) is 0 Å². The monoisotopic (exact) mass is 287 g/mol. The molecule has 0 bridgehead atoms. The van der Waals surface area contributed by atoms with Gasteiger partial charge in [0.2, 0.25) is 5.91 Å². The zero-order valence-electron chi connectivity index (χ0n) is 11.4. The SMILES string of the molecule is CC(=O)N1CC(N)N=C1c1ccnn1-c1ccc(F)cc1. The lowest BCUT2D eigenvalue weighted by molar-refractivity contribution is -0.124. The minimum Gasteiger partial charge on any atom is -0.308 e. The van der Waals surface area contributed by atoms with Crippen LogP contribution in [0.5, 0.6) is 0 Å². The number of benzene rings is 1. The first kappa shape index (κ1) is 13.4. The van der Waals surface area contributed by atoms with Crippen molar-refractivity contribution >= 4 is 11.7 Å². The lowest BCUT2D eigenvalue weighted by Gasteiger charge is -2.17. The van der Waals surface area contributed by atoms with Crippen molar-refractivity contribution in [1.82, 2.24) is 14.7 Å². The number of carbonyl (C=O) groups excluding carboxylic acids is 1. The predicted molar refractivity (Wildman–Crippen MR) is 75.4 cm³/mol. The summed E-state index contributed by atoms with van der Waals surface area (Å²) in [6, 6.07) is 7.67. The topological polar surface area (TPSA) is 76.5 Å². The summed E-state index contributed by atoms with van der Waals surface area (Å²) < 4.78 is 14.6.